The molecule has 0 bridgehead atoms. The molecule has 0 unspecified atom stereocenters. The van der Waals surface area contributed by atoms with Crippen molar-refractivity contribution in [3.8, 4) is 66.8 Å². The van der Waals surface area contributed by atoms with Crippen LogP contribution < -0.4 is 26.2 Å². The monoisotopic (exact) mass is 1260 g/mol. The third kappa shape index (κ3) is 10.3. The lowest BCUT2D eigenvalue weighted by atomic mass is 9.33. The van der Waals surface area contributed by atoms with Crippen LogP contribution in [0.3, 0.4) is 0 Å². The second-order valence-corrected chi connectivity index (χ2v) is 31.7. The molecule has 0 aromatic heterocycles. The van der Waals surface area contributed by atoms with Gasteiger partial charge < -0.3 is 9.80 Å². The average molecular weight is 1270 g/mol. The standard InChI is InChI=1S/C95H85BN2/c1-91(2,3)70-49-52-83(79(60-70)64-36-22-15-23-37-64)97-85-56-65(66-54-72(93(7,8)9)59-73(55-66)94(10,11)12)48-51-81(85)96-82-61-71(92(4,5)6)50-53-84(82)98(90-75(62-32-18-13-19-33-62)44-31-45-76(90)63-34-20-14-21-35-63)87-58-67(57-86(97)89(87)96)74-43-30-46-78-77-42-28-29-47-80(77)95(88(74)78,68-38-24-16-25-39-68)69-40-26-17-27-41-69/h13-61H,1-12H3. The summed E-state index contributed by atoms with van der Waals surface area (Å²) in [7, 11) is 0. The van der Waals surface area contributed by atoms with E-state index in [1.807, 2.05) is 0 Å². The van der Waals surface area contributed by atoms with Gasteiger partial charge in [0, 0.05) is 39.4 Å². The normalized spacial score (nSPS) is 13.7. The quantitative estimate of drug-likeness (QED) is 0.133. The van der Waals surface area contributed by atoms with Crippen LogP contribution in [0.25, 0.3) is 66.8 Å². The summed E-state index contributed by atoms with van der Waals surface area (Å²) in [6.45, 7) is 28.1. The Labute approximate surface area is 582 Å². The molecule has 16 rings (SSSR count). The van der Waals surface area contributed by atoms with Gasteiger partial charge in [0.05, 0.1) is 16.8 Å². The van der Waals surface area contributed by atoms with Crippen molar-refractivity contribution in [3.63, 3.8) is 0 Å². The van der Waals surface area contributed by atoms with Crippen LogP contribution in [0.5, 0.6) is 0 Å². The van der Waals surface area contributed by atoms with Crippen molar-refractivity contribution < 1.29 is 0 Å². The first-order valence-electron chi connectivity index (χ1n) is 35.2. The lowest BCUT2D eigenvalue weighted by Crippen LogP contribution is -2.61. The highest BCUT2D eigenvalue weighted by Crippen LogP contribution is 2.60. The molecule has 3 aliphatic rings. The largest absolute Gasteiger partial charge is 0.311 e. The highest BCUT2D eigenvalue weighted by Gasteiger charge is 2.50. The number of benzene rings is 13. The van der Waals surface area contributed by atoms with Gasteiger partial charge in [0.1, 0.15) is 0 Å². The number of para-hydroxylation sites is 1. The number of anilines is 6. The van der Waals surface area contributed by atoms with Crippen molar-refractivity contribution in [2.75, 3.05) is 9.80 Å². The molecule has 3 heteroatoms. The van der Waals surface area contributed by atoms with Crippen LogP contribution in [0.2, 0.25) is 0 Å². The Kier molecular flexibility index (Phi) is 14.9. The van der Waals surface area contributed by atoms with E-state index in [4.69, 9.17) is 0 Å². The molecule has 0 radical (unpaired) electrons. The maximum absolute atomic E-state index is 2.71. The van der Waals surface area contributed by atoms with Gasteiger partial charge in [0.25, 0.3) is 6.71 Å². The van der Waals surface area contributed by atoms with Gasteiger partial charge in [-0.3, -0.25) is 0 Å². The summed E-state index contributed by atoms with van der Waals surface area (Å²) >= 11 is 0. The van der Waals surface area contributed by atoms with E-state index in [9.17, 15) is 0 Å². The number of fused-ring (bicyclic) bond motifs is 7. The molecule has 13 aromatic carbocycles. The Balaban J connectivity index is 1.11. The predicted molar refractivity (Wildman–Crippen MR) is 420 cm³/mol. The molecule has 13 aromatic rings. The van der Waals surface area contributed by atoms with Gasteiger partial charge in [0.15, 0.2) is 0 Å². The minimum absolute atomic E-state index is 0.0824. The highest BCUT2D eigenvalue weighted by molar-refractivity contribution is 7.00. The van der Waals surface area contributed by atoms with Gasteiger partial charge in [-0.15, -0.1) is 0 Å². The zero-order chi connectivity index (χ0) is 67.6. The number of hydrogen-bond acceptors (Lipinski definition) is 2. The van der Waals surface area contributed by atoms with Crippen LogP contribution in [0.1, 0.15) is 128 Å². The maximum Gasteiger partial charge on any atom is 0.252 e. The highest BCUT2D eigenvalue weighted by atomic mass is 15.2. The fourth-order valence-electron chi connectivity index (χ4n) is 16.2. The molecular formula is C95H85BN2. The molecule has 0 amide bonds. The smallest absolute Gasteiger partial charge is 0.252 e. The summed E-state index contributed by atoms with van der Waals surface area (Å²) in [5, 5.41) is 0. The second kappa shape index (κ2) is 23.4. The van der Waals surface area contributed by atoms with Crippen molar-refractivity contribution in [1.82, 2.24) is 0 Å². The van der Waals surface area contributed by atoms with E-state index in [0.29, 0.717) is 0 Å². The molecule has 2 aliphatic heterocycles. The molecule has 98 heavy (non-hydrogen) atoms. The molecule has 0 N–H and O–H groups in total. The minimum atomic E-state index is -0.686. The fourth-order valence-corrected chi connectivity index (χ4v) is 16.2. The topological polar surface area (TPSA) is 6.48 Å². The summed E-state index contributed by atoms with van der Waals surface area (Å²) < 4.78 is 0. The van der Waals surface area contributed by atoms with Crippen molar-refractivity contribution >= 4 is 57.2 Å². The van der Waals surface area contributed by atoms with E-state index in [2.05, 4.69) is 390 Å². The van der Waals surface area contributed by atoms with E-state index in [-0.39, 0.29) is 28.4 Å². The maximum atomic E-state index is 2.71. The van der Waals surface area contributed by atoms with E-state index in [1.54, 1.807) is 0 Å². The van der Waals surface area contributed by atoms with Crippen molar-refractivity contribution in [1.29, 1.82) is 0 Å². The first kappa shape index (κ1) is 62.3. The van der Waals surface area contributed by atoms with Gasteiger partial charge in [-0.25, -0.2) is 0 Å². The summed E-state index contributed by atoms with van der Waals surface area (Å²) in [6, 6.07) is 114. The first-order chi connectivity index (χ1) is 47.2. The Morgan fingerprint density at radius 3 is 1.23 bits per heavy atom. The number of nitrogens with zero attached hydrogens (tertiary/aromatic N) is 2. The zero-order valence-electron chi connectivity index (χ0n) is 58.8. The van der Waals surface area contributed by atoms with Crippen molar-refractivity contribution in [2.24, 2.45) is 0 Å². The van der Waals surface area contributed by atoms with Crippen LogP contribution in [0.4, 0.5) is 34.1 Å². The Hall–Kier alpha value is -10.5. The van der Waals surface area contributed by atoms with Gasteiger partial charge in [-0.2, -0.15) is 0 Å². The zero-order valence-corrected chi connectivity index (χ0v) is 58.8. The average Bonchev–Trinajstić information content (AvgIpc) is 1.26. The van der Waals surface area contributed by atoms with Crippen molar-refractivity contribution in [3.05, 3.63) is 342 Å². The number of rotatable bonds is 9. The third-order valence-corrected chi connectivity index (χ3v) is 21.3. The molecule has 0 spiro atoms. The molecule has 0 saturated carbocycles. The van der Waals surface area contributed by atoms with E-state index in [1.165, 1.54) is 111 Å². The molecule has 0 fully saturated rings. The lowest BCUT2D eigenvalue weighted by Gasteiger charge is -2.46. The van der Waals surface area contributed by atoms with E-state index < -0.39 is 5.41 Å². The first-order valence-corrected chi connectivity index (χ1v) is 35.2. The van der Waals surface area contributed by atoms with E-state index >= 15 is 0 Å². The van der Waals surface area contributed by atoms with Crippen LogP contribution in [0.15, 0.2) is 297 Å². The van der Waals surface area contributed by atoms with Gasteiger partial charge in [-0.05, 0) is 169 Å². The van der Waals surface area contributed by atoms with Crippen LogP contribution in [-0.2, 0) is 27.1 Å². The summed E-state index contributed by atoms with van der Waals surface area (Å²) in [5.74, 6) is 0. The van der Waals surface area contributed by atoms with E-state index in [0.717, 1.165) is 50.6 Å². The van der Waals surface area contributed by atoms with Crippen LogP contribution in [-0.4, -0.2) is 6.71 Å². The SMILES string of the molecule is CC(C)(C)c1cc(-c2ccc3c(c2)N(c2ccc(C(C)(C)C)cc2-c2ccccc2)c2cc(-c4cccc5c4C(c4ccccc4)(c4ccccc4)c4ccccc4-5)cc4c2B3c2cc(C(C)(C)C)ccc2N4c2c(-c3ccccc3)cccc2-c2ccccc2)cc(C(C)(C)C)c1. The lowest BCUT2D eigenvalue weighted by molar-refractivity contribution is 0.569. The Morgan fingerprint density at radius 1 is 0.255 bits per heavy atom. The minimum Gasteiger partial charge on any atom is -0.311 e. The van der Waals surface area contributed by atoms with Crippen molar-refractivity contribution in [2.45, 2.75) is 110 Å². The molecule has 0 atom stereocenters. The Morgan fingerprint density at radius 2 is 0.694 bits per heavy atom. The molecule has 0 saturated heterocycles. The summed E-state index contributed by atoms with van der Waals surface area (Å²) in [4.78, 5) is 5.41. The van der Waals surface area contributed by atoms with Crippen LogP contribution >= 0.6 is 0 Å². The molecule has 2 heterocycles. The van der Waals surface area contributed by atoms with Gasteiger partial charge in [-0.1, -0.05) is 344 Å². The molecule has 1 aliphatic carbocycles. The number of hydrogen-bond donors (Lipinski definition) is 0. The van der Waals surface area contributed by atoms with Gasteiger partial charge >= 0.3 is 0 Å². The second-order valence-electron chi connectivity index (χ2n) is 31.7. The summed E-state index contributed by atoms with van der Waals surface area (Å²) in [6.07, 6.45) is 0. The molecule has 478 valence electrons. The molecular weight excluding hydrogens is 1180 g/mol. The Bertz CT molecular complexity index is 5100. The fraction of sp³-hybridized carbons (Fsp3) is 0.179. The van der Waals surface area contributed by atoms with Gasteiger partial charge in [0.2, 0.25) is 0 Å². The third-order valence-electron chi connectivity index (χ3n) is 21.3. The summed E-state index contributed by atoms with van der Waals surface area (Å²) in [5.41, 5.74) is 34.1. The predicted octanol–water partition coefficient (Wildman–Crippen LogP) is 23.7. The molecule has 2 nitrogen and oxygen atoms in total. The van der Waals surface area contributed by atoms with Crippen LogP contribution in [0, 0.1) is 0 Å².